The fourth-order valence-electron chi connectivity index (χ4n) is 2.26. The summed E-state index contributed by atoms with van der Waals surface area (Å²) in [5.74, 6) is 0. The van der Waals surface area contributed by atoms with Gasteiger partial charge in [-0.15, -0.1) is 11.3 Å². The molecule has 20 heavy (non-hydrogen) atoms. The molecule has 2 nitrogen and oxygen atoms in total. The third-order valence-electron chi connectivity index (χ3n) is 3.35. The topological polar surface area (TPSA) is 38.9 Å². The first-order chi connectivity index (χ1) is 9.65. The molecule has 1 atom stereocenters. The zero-order chi connectivity index (χ0) is 14.1. The summed E-state index contributed by atoms with van der Waals surface area (Å²) in [6.07, 6.45) is 0.711. The summed E-state index contributed by atoms with van der Waals surface area (Å²) in [4.78, 5) is 4.63. The van der Waals surface area contributed by atoms with E-state index < -0.39 is 0 Å². The van der Waals surface area contributed by atoms with Crippen LogP contribution in [-0.4, -0.2) is 4.98 Å². The molecule has 102 valence electrons. The highest BCUT2D eigenvalue weighted by Gasteiger charge is 2.14. The fraction of sp³-hybridized carbons (Fsp3) is 0.188. The number of benzene rings is 2. The van der Waals surface area contributed by atoms with Gasteiger partial charge in [-0.3, -0.25) is 0 Å². The van der Waals surface area contributed by atoms with Crippen LogP contribution in [0.2, 0.25) is 5.02 Å². The number of nitrogens with zero attached hydrogens (tertiary/aromatic N) is 1. The van der Waals surface area contributed by atoms with Crippen molar-refractivity contribution >= 4 is 33.2 Å². The van der Waals surface area contributed by atoms with E-state index >= 15 is 0 Å². The van der Waals surface area contributed by atoms with Crippen molar-refractivity contribution in [2.75, 3.05) is 0 Å². The highest BCUT2D eigenvalue weighted by molar-refractivity contribution is 7.18. The molecule has 0 aliphatic carbocycles. The molecule has 0 fully saturated rings. The van der Waals surface area contributed by atoms with Crippen molar-refractivity contribution in [1.29, 1.82) is 0 Å². The van der Waals surface area contributed by atoms with Gasteiger partial charge in [0.15, 0.2) is 0 Å². The molecule has 0 saturated heterocycles. The maximum Gasteiger partial charge on any atom is 0.0957 e. The minimum atomic E-state index is -0.122. The average Bonchev–Trinajstić information content (AvgIpc) is 2.83. The lowest BCUT2D eigenvalue weighted by Crippen LogP contribution is -2.14. The second-order valence-electron chi connectivity index (χ2n) is 4.86. The summed E-state index contributed by atoms with van der Waals surface area (Å²) in [5, 5.41) is 1.82. The lowest BCUT2D eigenvalue weighted by atomic mass is 10.0. The van der Waals surface area contributed by atoms with Crippen LogP contribution in [0.4, 0.5) is 0 Å². The summed E-state index contributed by atoms with van der Waals surface area (Å²) in [7, 11) is 0. The molecule has 2 aromatic carbocycles. The number of aromatic nitrogens is 1. The zero-order valence-electron chi connectivity index (χ0n) is 11.1. The normalized spacial score (nSPS) is 12.8. The third kappa shape index (κ3) is 2.57. The molecule has 0 aliphatic heterocycles. The van der Waals surface area contributed by atoms with Gasteiger partial charge in [0, 0.05) is 17.5 Å². The molecule has 0 saturated carbocycles. The van der Waals surface area contributed by atoms with Gasteiger partial charge in [0.25, 0.3) is 0 Å². The second-order valence-corrected chi connectivity index (χ2v) is 6.36. The fourth-order valence-corrected chi connectivity index (χ4v) is 3.55. The monoisotopic (exact) mass is 302 g/mol. The van der Waals surface area contributed by atoms with E-state index in [-0.39, 0.29) is 6.04 Å². The molecular formula is C16H15ClN2S. The largest absolute Gasteiger partial charge is 0.324 e. The summed E-state index contributed by atoms with van der Waals surface area (Å²) in [6.45, 7) is 2.00. The summed E-state index contributed by atoms with van der Waals surface area (Å²) >= 11 is 8.03. The summed E-state index contributed by atoms with van der Waals surface area (Å²) < 4.78 is 1.20. The van der Waals surface area contributed by atoms with Crippen LogP contribution in [0.15, 0.2) is 42.5 Å². The Morgan fingerprint density at radius 2 is 2.00 bits per heavy atom. The summed E-state index contributed by atoms with van der Waals surface area (Å²) in [5.41, 5.74) is 9.39. The van der Waals surface area contributed by atoms with E-state index in [0.717, 1.165) is 26.7 Å². The van der Waals surface area contributed by atoms with E-state index in [1.165, 1.54) is 4.70 Å². The van der Waals surface area contributed by atoms with Crippen molar-refractivity contribution < 1.29 is 0 Å². The van der Waals surface area contributed by atoms with Crippen LogP contribution in [0.3, 0.4) is 0 Å². The van der Waals surface area contributed by atoms with E-state index in [1.807, 2.05) is 43.3 Å². The molecule has 1 heterocycles. The van der Waals surface area contributed by atoms with Crippen LogP contribution >= 0.6 is 22.9 Å². The molecule has 3 aromatic rings. The van der Waals surface area contributed by atoms with Gasteiger partial charge in [-0.05, 0) is 30.2 Å². The Morgan fingerprint density at radius 3 is 2.80 bits per heavy atom. The van der Waals surface area contributed by atoms with Gasteiger partial charge >= 0.3 is 0 Å². The van der Waals surface area contributed by atoms with E-state index in [0.29, 0.717) is 6.42 Å². The number of halogens is 1. The van der Waals surface area contributed by atoms with Crippen molar-refractivity contribution in [2.45, 2.75) is 19.4 Å². The molecule has 3 rings (SSSR count). The van der Waals surface area contributed by atoms with Crippen molar-refractivity contribution in [2.24, 2.45) is 5.73 Å². The molecular weight excluding hydrogens is 288 g/mol. The van der Waals surface area contributed by atoms with Gasteiger partial charge in [0.2, 0.25) is 0 Å². The van der Waals surface area contributed by atoms with E-state index in [1.54, 1.807) is 11.3 Å². The highest BCUT2D eigenvalue weighted by Crippen LogP contribution is 2.29. The Hall–Kier alpha value is -1.42. The standard InChI is InChI=1S/C16H15ClN2S/c1-10-5-4-6-11(16(10)17)12(18)9-15-19-13-7-2-3-8-14(13)20-15/h2-8,12H,9,18H2,1H3. The zero-order valence-corrected chi connectivity index (χ0v) is 12.7. The number of rotatable bonds is 3. The lowest BCUT2D eigenvalue weighted by Gasteiger charge is -2.13. The maximum absolute atomic E-state index is 6.34. The number of thiazole rings is 1. The van der Waals surface area contributed by atoms with Crippen LogP contribution in [0, 0.1) is 6.92 Å². The molecule has 0 amide bonds. The van der Waals surface area contributed by atoms with Crippen molar-refractivity contribution in [3.8, 4) is 0 Å². The van der Waals surface area contributed by atoms with Crippen LogP contribution in [-0.2, 0) is 6.42 Å². The number of nitrogens with two attached hydrogens (primary N) is 1. The van der Waals surface area contributed by atoms with Gasteiger partial charge in [-0.25, -0.2) is 4.98 Å². The maximum atomic E-state index is 6.34. The van der Waals surface area contributed by atoms with E-state index in [4.69, 9.17) is 17.3 Å². The van der Waals surface area contributed by atoms with Crippen LogP contribution < -0.4 is 5.73 Å². The molecule has 0 spiro atoms. The number of para-hydroxylation sites is 1. The van der Waals surface area contributed by atoms with Crippen molar-refractivity contribution in [1.82, 2.24) is 4.98 Å². The first-order valence-corrected chi connectivity index (χ1v) is 7.69. The molecule has 0 radical (unpaired) electrons. The van der Waals surface area contributed by atoms with Crippen LogP contribution in [0.1, 0.15) is 22.2 Å². The Bertz CT molecular complexity index is 718. The minimum Gasteiger partial charge on any atom is -0.324 e. The van der Waals surface area contributed by atoms with E-state index in [2.05, 4.69) is 11.1 Å². The van der Waals surface area contributed by atoms with Gasteiger partial charge in [-0.2, -0.15) is 0 Å². The molecule has 4 heteroatoms. The van der Waals surface area contributed by atoms with Gasteiger partial charge in [-0.1, -0.05) is 41.9 Å². The Kier molecular flexibility index (Phi) is 3.74. The highest BCUT2D eigenvalue weighted by atomic mass is 35.5. The number of hydrogen-bond donors (Lipinski definition) is 1. The number of fused-ring (bicyclic) bond motifs is 1. The predicted molar refractivity (Wildman–Crippen MR) is 86.4 cm³/mol. The smallest absolute Gasteiger partial charge is 0.0957 e. The first kappa shape index (κ1) is 13.6. The summed E-state index contributed by atoms with van der Waals surface area (Å²) in [6, 6.07) is 14.0. The minimum absolute atomic E-state index is 0.122. The molecule has 0 bridgehead atoms. The molecule has 2 N–H and O–H groups in total. The van der Waals surface area contributed by atoms with Crippen molar-refractivity contribution in [3.63, 3.8) is 0 Å². The Labute approximate surface area is 127 Å². The third-order valence-corrected chi connectivity index (χ3v) is 4.93. The first-order valence-electron chi connectivity index (χ1n) is 6.50. The average molecular weight is 303 g/mol. The quantitative estimate of drug-likeness (QED) is 0.773. The van der Waals surface area contributed by atoms with E-state index in [9.17, 15) is 0 Å². The number of aryl methyl sites for hydroxylation is 1. The van der Waals surface area contributed by atoms with Crippen LogP contribution in [0.5, 0.6) is 0 Å². The Balaban J connectivity index is 1.88. The molecule has 0 aliphatic rings. The van der Waals surface area contributed by atoms with Crippen molar-refractivity contribution in [3.05, 3.63) is 63.6 Å². The molecule has 1 aromatic heterocycles. The SMILES string of the molecule is Cc1cccc(C(N)Cc2nc3ccccc3s2)c1Cl. The van der Waals surface area contributed by atoms with Gasteiger partial charge in [0.1, 0.15) is 0 Å². The van der Waals surface area contributed by atoms with Gasteiger partial charge < -0.3 is 5.73 Å². The predicted octanol–water partition coefficient (Wildman–Crippen LogP) is 4.50. The van der Waals surface area contributed by atoms with Gasteiger partial charge in [0.05, 0.1) is 15.2 Å². The molecule has 1 unspecified atom stereocenters. The number of hydrogen-bond acceptors (Lipinski definition) is 3. The second kappa shape index (κ2) is 5.52. The Morgan fingerprint density at radius 1 is 1.20 bits per heavy atom. The lowest BCUT2D eigenvalue weighted by molar-refractivity contribution is 0.719. The van der Waals surface area contributed by atoms with Crippen LogP contribution in [0.25, 0.3) is 10.2 Å².